The van der Waals surface area contributed by atoms with Gasteiger partial charge in [0.05, 0.1) is 23.6 Å². The number of hydrazine groups is 1. The molecule has 0 saturated heterocycles. The number of phenols is 1. The molecule has 1 aromatic heterocycles. The summed E-state index contributed by atoms with van der Waals surface area (Å²) in [5, 5.41) is 16.8. The summed E-state index contributed by atoms with van der Waals surface area (Å²) in [6.45, 7) is 6.50. The number of carbonyl (C=O) groups excluding carboxylic acids is 3. The average Bonchev–Trinajstić information content (AvgIpc) is 3.10. The Morgan fingerprint density at radius 1 is 0.878 bits per heavy atom. The van der Waals surface area contributed by atoms with E-state index in [0.717, 1.165) is 16.7 Å². The van der Waals surface area contributed by atoms with Crippen molar-refractivity contribution in [2.45, 2.75) is 58.7 Å². The molecule has 2 atom stereocenters. The van der Waals surface area contributed by atoms with Crippen molar-refractivity contribution in [2.24, 2.45) is 0 Å². The SMILES string of the molecule is CCOC(OCC)C(C)N(Cc1cccc2nccnc12)C(=O)C(Cc1ccc(O)cc1)NC(=O)CN(C)NC(=O)NCc1ccccc1. The van der Waals surface area contributed by atoms with E-state index in [1.807, 2.05) is 69.3 Å². The van der Waals surface area contributed by atoms with Gasteiger partial charge in [0.25, 0.3) is 0 Å². The van der Waals surface area contributed by atoms with Gasteiger partial charge in [0.15, 0.2) is 6.29 Å². The lowest BCUT2D eigenvalue weighted by molar-refractivity contribution is -0.179. The second kappa shape index (κ2) is 18.4. The number of hydrogen-bond acceptors (Lipinski definition) is 9. The molecule has 0 radical (unpaired) electrons. The molecule has 0 aliphatic carbocycles. The van der Waals surface area contributed by atoms with Crippen LogP contribution in [0.2, 0.25) is 0 Å². The van der Waals surface area contributed by atoms with Crippen LogP contribution in [0.5, 0.6) is 5.75 Å². The molecule has 3 aromatic carbocycles. The first kappa shape index (κ1) is 36.7. The van der Waals surface area contributed by atoms with Crippen LogP contribution in [0.25, 0.3) is 11.0 Å². The molecule has 13 heteroatoms. The van der Waals surface area contributed by atoms with Gasteiger partial charge in [-0.25, -0.2) is 9.80 Å². The lowest BCUT2D eigenvalue weighted by Gasteiger charge is -2.37. The third-order valence-corrected chi connectivity index (χ3v) is 7.73. The Balaban J connectivity index is 1.57. The van der Waals surface area contributed by atoms with Gasteiger partial charge in [0.1, 0.15) is 11.8 Å². The largest absolute Gasteiger partial charge is 0.508 e. The summed E-state index contributed by atoms with van der Waals surface area (Å²) in [4.78, 5) is 51.2. The molecular weight excluding hydrogens is 626 g/mol. The highest BCUT2D eigenvalue weighted by molar-refractivity contribution is 5.89. The van der Waals surface area contributed by atoms with Crippen molar-refractivity contribution in [1.29, 1.82) is 0 Å². The fourth-order valence-corrected chi connectivity index (χ4v) is 5.34. The van der Waals surface area contributed by atoms with Crippen LogP contribution in [-0.2, 0) is 38.6 Å². The Morgan fingerprint density at radius 3 is 2.27 bits per heavy atom. The Kier molecular flexibility index (Phi) is 13.8. The van der Waals surface area contributed by atoms with Crippen LogP contribution in [0.3, 0.4) is 0 Å². The predicted molar refractivity (Wildman–Crippen MR) is 185 cm³/mol. The summed E-state index contributed by atoms with van der Waals surface area (Å²) < 4.78 is 11.8. The van der Waals surface area contributed by atoms with Crippen molar-refractivity contribution in [3.05, 3.63) is 102 Å². The molecule has 0 fully saturated rings. The zero-order valence-electron chi connectivity index (χ0n) is 28.3. The second-order valence-corrected chi connectivity index (χ2v) is 11.5. The molecule has 0 bridgehead atoms. The quantitative estimate of drug-likeness (QED) is 0.0974. The number of para-hydroxylation sites is 1. The van der Waals surface area contributed by atoms with Gasteiger partial charge >= 0.3 is 6.03 Å². The molecule has 4 N–H and O–H groups in total. The van der Waals surface area contributed by atoms with Gasteiger partial charge < -0.3 is 30.1 Å². The summed E-state index contributed by atoms with van der Waals surface area (Å²) in [5.41, 5.74) is 6.37. The summed E-state index contributed by atoms with van der Waals surface area (Å²) in [5.74, 6) is -0.786. The minimum atomic E-state index is -1.02. The maximum absolute atomic E-state index is 14.6. The first-order valence-corrected chi connectivity index (χ1v) is 16.3. The number of rotatable bonds is 17. The molecular formula is C36H45N7O6. The van der Waals surface area contributed by atoms with Gasteiger partial charge in [-0.1, -0.05) is 54.6 Å². The van der Waals surface area contributed by atoms with E-state index in [1.165, 1.54) is 17.1 Å². The first-order valence-electron chi connectivity index (χ1n) is 16.3. The second-order valence-electron chi connectivity index (χ2n) is 11.5. The minimum Gasteiger partial charge on any atom is -0.508 e. The molecule has 4 amide bonds. The minimum absolute atomic E-state index is 0.0810. The molecule has 0 spiro atoms. The Bertz CT molecular complexity index is 1650. The van der Waals surface area contributed by atoms with E-state index in [-0.39, 0.29) is 31.2 Å². The average molecular weight is 672 g/mol. The van der Waals surface area contributed by atoms with Crippen LogP contribution >= 0.6 is 0 Å². The zero-order valence-corrected chi connectivity index (χ0v) is 28.3. The van der Waals surface area contributed by atoms with Crippen LogP contribution in [0.1, 0.15) is 37.5 Å². The number of ether oxygens (including phenoxy) is 2. The van der Waals surface area contributed by atoms with Gasteiger partial charge in [-0.3, -0.25) is 25.0 Å². The van der Waals surface area contributed by atoms with Crippen molar-refractivity contribution in [3.8, 4) is 5.75 Å². The van der Waals surface area contributed by atoms with Crippen molar-refractivity contribution >= 4 is 28.9 Å². The van der Waals surface area contributed by atoms with Crippen LogP contribution in [0, 0.1) is 0 Å². The van der Waals surface area contributed by atoms with E-state index in [9.17, 15) is 19.5 Å². The summed E-state index contributed by atoms with van der Waals surface area (Å²) >= 11 is 0. The van der Waals surface area contributed by atoms with Crippen molar-refractivity contribution < 1.29 is 29.0 Å². The van der Waals surface area contributed by atoms with E-state index in [1.54, 1.807) is 36.5 Å². The standard InChI is InChI=1S/C36H45N7O6/c1-5-48-35(49-6-2)25(3)43(23-28-13-10-14-30-33(28)38-20-19-37-30)34(46)31(21-26-15-17-29(44)18-16-26)40-32(45)24-42(4)41-36(47)39-22-27-11-8-7-9-12-27/h7-20,25,31,35,44H,5-6,21-24H2,1-4H3,(H,40,45)(H2,39,41,47). The number of amides is 4. The van der Waals surface area contributed by atoms with E-state index in [2.05, 4.69) is 26.0 Å². The van der Waals surface area contributed by atoms with Crippen LogP contribution < -0.4 is 16.1 Å². The van der Waals surface area contributed by atoms with Gasteiger partial charge in [-0.15, -0.1) is 0 Å². The maximum atomic E-state index is 14.6. The zero-order chi connectivity index (χ0) is 35.2. The van der Waals surface area contributed by atoms with E-state index in [4.69, 9.17) is 9.47 Å². The highest BCUT2D eigenvalue weighted by Crippen LogP contribution is 2.22. The summed E-state index contributed by atoms with van der Waals surface area (Å²) in [6.07, 6.45) is 2.60. The number of nitrogens with one attached hydrogen (secondary N) is 3. The number of urea groups is 1. The maximum Gasteiger partial charge on any atom is 0.329 e. The molecule has 0 saturated carbocycles. The topological polar surface area (TPSA) is 158 Å². The number of hydrogen-bond donors (Lipinski definition) is 4. The van der Waals surface area contributed by atoms with Crippen LogP contribution in [0.15, 0.2) is 85.2 Å². The predicted octanol–water partition coefficient (Wildman–Crippen LogP) is 3.53. The Labute approximate surface area is 286 Å². The monoisotopic (exact) mass is 671 g/mol. The van der Waals surface area contributed by atoms with Gasteiger partial charge in [0.2, 0.25) is 11.8 Å². The Morgan fingerprint density at radius 2 is 1.57 bits per heavy atom. The van der Waals surface area contributed by atoms with Crippen molar-refractivity contribution in [1.82, 2.24) is 35.9 Å². The lowest BCUT2D eigenvalue weighted by atomic mass is 10.0. The number of fused-ring (bicyclic) bond motifs is 1. The number of nitrogens with zero attached hydrogens (tertiary/aromatic N) is 4. The summed E-state index contributed by atoms with van der Waals surface area (Å²) in [6, 6.07) is 19.4. The molecule has 2 unspecified atom stereocenters. The van der Waals surface area contributed by atoms with E-state index in [0.29, 0.717) is 30.8 Å². The first-order chi connectivity index (χ1) is 23.7. The molecule has 1 heterocycles. The van der Waals surface area contributed by atoms with Gasteiger partial charge in [-0.2, -0.15) is 0 Å². The van der Waals surface area contributed by atoms with Crippen molar-refractivity contribution in [3.63, 3.8) is 0 Å². The molecule has 49 heavy (non-hydrogen) atoms. The third-order valence-electron chi connectivity index (χ3n) is 7.73. The normalized spacial score (nSPS) is 12.4. The number of carbonyl (C=O) groups is 3. The number of likely N-dealkylation sites (N-methyl/N-ethyl adjacent to an activating group) is 1. The fourth-order valence-electron chi connectivity index (χ4n) is 5.34. The number of aromatic nitrogens is 2. The molecule has 4 rings (SSSR count). The fraction of sp³-hybridized carbons (Fsp3) is 0.361. The third kappa shape index (κ3) is 11.0. The van der Waals surface area contributed by atoms with Crippen molar-refractivity contribution in [2.75, 3.05) is 26.8 Å². The highest BCUT2D eigenvalue weighted by Gasteiger charge is 2.34. The number of phenolic OH excluding ortho intramolecular Hbond substituents is 1. The van der Waals surface area contributed by atoms with E-state index < -0.39 is 30.3 Å². The number of benzene rings is 3. The number of aromatic hydroxyl groups is 1. The van der Waals surface area contributed by atoms with Crippen LogP contribution in [-0.4, -0.2) is 88.0 Å². The van der Waals surface area contributed by atoms with Gasteiger partial charge in [-0.05, 0) is 55.7 Å². The molecule has 4 aromatic rings. The highest BCUT2D eigenvalue weighted by atomic mass is 16.7. The van der Waals surface area contributed by atoms with Crippen LogP contribution in [0.4, 0.5) is 4.79 Å². The smallest absolute Gasteiger partial charge is 0.329 e. The van der Waals surface area contributed by atoms with Gasteiger partial charge in [0, 0.05) is 52.2 Å². The van der Waals surface area contributed by atoms with E-state index >= 15 is 0 Å². The molecule has 0 aliphatic heterocycles. The Hall–Kier alpha value is -5.11. The summed E-state index contributed by atoms with van der Waals surface area (Å²) in [7, 11) is 1.56. The lowest BCUT2D eigenvalue weighted by Crippen LogP contribution is -2.56. The molecule has 13 nitrogen and oxygen atoms in total. The molecule has 0 aliphatic rings. The molecule has 260 valence electrons.